The minimum atomic E-state index is -0.572. The summed E-state index contributed by atoms with van der Waals surface area (Å²) >= 11 is 0. The summed E-state index contributed by atoms with van der Waals surface area (Å²) < 4.78 is 13.0. The predicted molar refractivity (Wildman–Crippen MR) is 98.0 cm³/mol. The Morgan fingerprint density at radius 1 is 1.20 bits per heavy atom. The number of aliphatic hydroxyl groups excluding tert-OH is 1. The van der Waals surface area contributed by atoms with E-state index >= 15 is 0 Å². The van der Waals surface area contributed by atoms with E-state index < -0.39 is 6.10 Å². The third-order valence-electron chi connectivity index (χ3n) is 4.82. The van der Waals surface area contributed by atoms with Crippen LogP contribution >= 0.6 is 0 Å². The molecule has 2 N–H and O–H groups in total. The van der Waals surface area contributed by atoms with Gasteiger partial charge in [0.05, 0.1) is 6.10 Å². The highest BCUT2D eigenvalue weighted by Gasteiger charge is 2.22. The minimum Gasteiger partial charge on any atom is -0.388 e. The van der Waals surface area contributed by atoms with Crippen molar-refractivity contribution in [3.05, 3.63) is 60.0 Å². The van der Waals surface area contributed by atoms with Crippen molar-refractivity contribution < 1.29 is 9.50 Å². The molecule has 0 bridgehead atoms. The number of benzene rings is 1. The lowest BCUT2D eigenvalue weighted by Gasteiger charge is -2.35. The van der Waals surface area contributed by atoms with E-state index in [0.717, 1.165) is 37.3 Å². The van der Waals surface area contributed by atoms with Crippen LogP contribution in [0.5, 0.6) is 0 Å². The maximum atomic E-state index is 13.0. The van der Waals surface area contributed by atoms with Crippen molar-refractivity contribution in [2.45, 2.75) is 44.4 Å². The molecular formula is C20H26FN3O. The van der Waals surface area contributed by atoms with E-state index in [1.807, 2.05) is 18.3 Å². The van der Waals surface area contributed by atoms with E-state index in [-0.39, 0.29) is 11.9 Å². The highest BCUT2D eigenvalue weighted by atomic mass is 19.1. The second-order valence-electron chi connectivity index (χ2n) is 6.82. The van der Waals surface area contributed by atoms with Crippen LogP contribution in [-0.2, 0) is 0 Å². The largest absolute Gasteiger partial charge is 0.388 e. The Bertz CT molecular complexity index is 642. The van der Waals surface area contributed by atoms with Crippen molar-refractivity contribution in [2.24, 2.45) is 0 Å². The monoisotopic (exact) mass is 343 g/mol. The molecule has 1 aliphatic rings. The number of halogens is 1. The molecule has 1 saturated heterocycles. The average molecular weight is 343 g/mol. The zero-order valence-corrected chi connectivity index (χ0v) is 14.6. The first kappa shape index (κ1) is 17.8. The van der Waals surface area contributed by atoms with Crippen LogP contribution in [0.1, 0.15) is 37.9 Å². The number of anilines is 1. The van der Waals surface area contributed by atoms with Crippen LogP contribution in [0, 0.1) is 5.82 Å². The first-order valence-corrected chi connectivity index (χ1v) is 8.97. The maximum Gasteiger partial charge on any atom is 0.128 e. The number of pyridine rings is 1. The number of aromatic nitrogens is 1. The van der Waals surface area contributed by atoms with Crippen LogP contribution in [0.2, 0.25) is 0 Å². The van der Waals surface area contributed by atoms with Crippen molar-refractivity contribution in [1.29, 1.82) is 0 Å². The summed E-state index contributed by atoms with van der Waals surface area (Å²) in [7, 11) is 0. The second-order valence-corrected chi connectivity index (χ2v) is 6.82. The Morgan fingerprint density at radius 2 is 1.92 bits per heavy atom. The summed E-state index contributed by atoms with van der Waals surface area (Å²) in [4.78, 5) is 6.73. The second kappa shape index (κ2) is 8.41. The average Bonchev–Trinajstić information content (AvgIpc) is 2.63. The molecule has 5 heteroatoms. The van der Waals surface area contributed by atoms with Crippen LogP contribution in [-0.4, -0.2) is 35.3 Å². The molecule has 2 atom stereocenters. The molecule has 25 heavy (non-hydrogen) atoms. The molecule has 1 fully saturated rings. The molecule has 1 aromatic heterocycles. The molecule has 134 valence electrons. The summed E-state index contributed by atoms with van der Waals surface area (Å²) in [6.45, 7) is 4.07. The van der Waals surface area contributed by atoms with Gasteiger partial charge in [-0.05, 0) is 56.0 Å². The number of hydrogen-bond acceptors (Lipinski definition) is 4. The smallest absolute Gasteiger partial charge is 0.128 e. The number of aliphatic hydroxyl groups is 1. The Morgan fingerprint density at radius 3 is 2.56 bits per heavy atom. The van der Waals surface area contributed by atoms with Gasteiger partial charge in [-0.15, -0.1) is 0 Å². The zero-order chi connectivity index (χ0) is 17.6. The van der Waals surface area contributed by atoms with E-state index in [0.29, 0.717) is 12.5 Å². The van der Waals surface area contributed by atoms with Crippen LogP contribution < -0.4 is 10.2 Å². The molecule has 0 unspecified atom stereocenters. The molecule has 3 rings (SSSR count). The third kappa shape index (κ3) is 5.00. The van der Waals surface area contributed by atoms with Gasteiger partial charge in [-0.25, -0.2) is 9.37 Å². The Hall–Kier alpha value is -1.98. The molecular weight excluding hydrogens is 317 g/mol. The molecule has 2 aromatic rings. The highest BCUT2D eigenvalue weighted by Crippen LogP contribution is 2.21. The van der Waals surface area contributed by atoms with Crippen molar-refractivity contribution in [3.8, 4) is 0 Å². The van der Waals surface area contributed by atoms with E-state index in [1.54, 1.807) is 12.1 Å². The minimum absolute atomic E-state index is 0.200. The van der Waals surface area contributed by atoms with Gasteiger partial charge in [-0.3, -0.25) is 0 Å². The summed E-state index contributed by atoms with van der Waals surface area (Å²) in [6, 6.07) is 12.7. The van der Waals surface area contributed by atoms with Crippen molar-refractivity contribution in [1.82, 2.24) is 10.3 Å². The summed E-state index contributed by atoms with van der Waals surface area (Å²) in [5.74, 6) is 0.766. The maximum absolute atomic E-state index is 13.0. The number of hydrogen-bond donors (Lipinski definition) is 2. The summed E-state index contributed by atoms with van der Waals surface area (Å²) in [5, 5.41) is 13.9. The fourth-order valence-electron chi connectivity index (χ4n) is 3.44. The van der Waals surface area contributed by atoms with Crippen LogP contribution in [0.3, 0.4) is 0 Å². The molecule has 1 aliphatic heterocycles. The molecule has 0 spiro atoms. The van der Waals surface area contributed by atoms with Crippen LogP contribution in [0.4, 0.5) is 10.2 Å². The Balaban J connectivity index is 1.44. The molecule has 0 radical (unpaired) electrons. The molecule has 2 heterocycles. The topological polar surface area (TPSA) is 48.4 Å². The Kier molecular flexibility index (Phi) is 6.00. The first-order chi connectivity index (χ1) is 12.1. The van der Waals surface area contributed by atoms with Gasteiger partial charge in [0, 0.05) is 31.4 Å². The quantitative estimate of drug-likeness (QED) is 0.845. The van der Waals surface area contributed by atoms with Crippen molar-refractivity contribution in [3.63, 3.8) is 0 Å². The van der Waals surface area contributed by atoms with Gasteiger partial charge in [0.2, 0.25) is 0 Å². The van der Waals surface area contributed by atoms with E-state index in [1.165, 1.54) is 12.1 Å². The normalized spacial score (nSPS) is 18.1. The fraction of sp³-hybridized carbons (Fsp3) is 0.450. The summed E-state index contributed by atoms with van der Waals surface area (Å²) in [5.41, 5.74) is 0.764. The molecule has 4 nitrogen and oxygen atoms in total. The number of piperidine rings is 1. The van der Waals surface area contributed by atoms with Gasteiger partial charge in [0.1, 0.15) is 11.6 Å². The third-order valence-corrected chi connectivity index (χ3v) is 4.82. The first-order valence-electron chi connectivity index (χ1n) is 8.97. The van der Waals surface area contributed by atoms with Crippen molar-refractivity contribution >= 4 is 5.82 Å². The number of rotatable bonds is 6. The van der Waals surface area contributed by atoms with Gasteiger partial charge in [-0.2, -0.15) is 0 Å². The lowest BCUT2D eigenvalue weighted by atomic mass is 9.99. The van der Waals surface area contributed by atoms with Gasteiger partial charge >= 0.3 is 0 Å². The summed E-state index contributed by atoms with van der Waals surface area (Å²) in [6.07, 6.45) is 4.00. The predicted octanol–water partition coefficient (Wildman–Crippen LogP) is 3.29. The van der Waals surface area contributed by atoms with E-state index in [2.05, 4.69) is 28.2 Å². The molecule has 1 aromatic carbocycles. The number of nitrogens with one attached hydrogen (secondary N) is 1. The van der Waals surface area contributed by atoms with E-state index in [9.17, 15) is 9.50 Å². The van der Waals surface area contributed by atoms with Gasteiger partial charge < -0.3 is 15.3 Å². The zero-order valence-electron chi connectivity index (χ0n) is 14.6. The Labute approximate surface area is 148 Å². The van der Waals surface area contributed by atoms with Crippen LogP contribution in [0.25, 0.3) is 0 Å². The fourth-order valence-corrected chi connectivity index (χ4v) is 3.44. The lowest BCUT2D eigenvalue weighted by Crippen LogP contribution is -2.46. The van der Waals surface area contributed by atoms with Gasteiger partial charge in [-0.1, -0.05) is 18.2 Å². The molecule has 0 saturated carbocycles. The number of nitrogens with zero attached hydrogens (tertiary/aromatic N) is 2. The van der Waals surface area contributed by atoms with Crippen molar-refractivity contribution in [2.75, 3.05) is 18.0 Å². The molecule has 0 amide bonds. The molecule has 0 aliphatic carbocycles. The van der Waals surface area contributed by atoms with Gasteiger partial charge in [0.15, 0.2) is 0 Å². The highest BCUT2D eigenvalue weighted by molar-refractivity contribution is 5.38. The van der Waals surface area contributed by atoms with Gasteiger partial charge in [0.25, 0.3) is 0 Å². The SMILES string of the molecule is C[C@H](C[C@H](O)c1ccc(F)cc1)NC1CCN(c2ccccn2)CC1. The van der Waals surface area contributed by atoms with E-state index in [4.69, 9.17) is 0 Å². The standard InChI is InChI=1S/C20H26FN3O/c1-15(14-19(25)16-5-7-17(21)8-6-16)23-18-9-12-24(13-10-18)20-4-2-3-11-22-20/h2-8,11,15,18-19,23,25H,9-10,12-14H2,1H3/t15-,19+/m1/s1. The lowest BCUT2D eigenvalue weighted by molar-refractivity contribution is 0.150. The van der Waals surface area contributed by atoms with Crippen LogP contribution in [0.15, 0.2) is 48.7 Å².